The first-order valence-corrected chi connectivity index (χ1v) is 3.31. The molecular formula is C9H9NO. The zero-order valence-electron chi connectivity index (χ0n) is 6.08. The molecule has 0 aromatic heterocycles. The van der Waals surface area contributed by atoms with Crippen LogP contribution in [-0.2, 0) is 4.79 Å². The highest BCUT2D eigenvalue weighted by Gasteiger charge is 1.92. The SMILES string of the molecule is C=C[11C](=O)Nc1ccccc1. The van der Waals surface area contributed by atoms with Gasteiger partial charge in [0.2, 0.25) is 5.91 Å². The Balaban J connectivity index is 2.65. The summed E-state index contributed by atoms with van der Waals surface area (Å²) in [5.74, 6) is -0.184. The largest absolute Gasteiger partial charge is 0.323 e. The Morgan fingerprint density at radius 3 is 2.55 bits per heavy atom. The van der Waals surface area contributed by atoms with Gasteiger partial charge in [-0.05, 0) is 18.2 Å². The lowest BCUT2D eigenvalue weighted by atomic mass is 10.0. The van der Waals surface area contributed by atoms with Gasteiger partial charge in [0.15, 0.2) is 0 Å². The molecule has 0 heterocycles. The minimum Gasteiger partial charge on any atom is -0.323 e. The van der Waals surface area contributed by atoms with Gasteiger partial charge in [0.1, 0.15) is 0 Å². The molecule has 0 bridgehead atoms. The number of anilines is 1. The first-order chi connectivity index (χ1) is 5.33. The molecule has 0 atom stereocenters. The molecule has 0 saturated carbocycles. The Labute approximate surface area is 65.5 Å². The lowest BCUT2D eigenvalue weighted by Crippen LogP contribution is -2.06. The van der Waals surface area contributed by atoms with Crippen LogP contribution in [0, 0.1) is 0 Å². The Kier molecular flexibility index (Phi) is 2.44. The molecule has 56 valence electrons. The molecule has 0 unspecified atom stereocenters. The summed E-state index contributed by atoms with van der Waals surface area (Å²) in [7, 11) is 0. The van der Waals surface area contributed by atoms with Gasteiger partial charge in [0, 0.05) is 5.69 Å². The first-order valence-electron chi connectivity index (χ1n) is 3.31. The Bertz CT molecular complexity index is 254. The summed E-state index contributed by atoms with van der Waals surface area (Å²) in [6.07, 6.45) is 1.24. The fourth-order valence-electron chi connectivity index (χ4n) is 0.715. The highest BCUT2D eigenvalue weighted by Crippen LogP contribution is 2.03. The first kappa shape index (κ1) is 7.54. The van der Waals surface area contributed by atoms with Gasteiger partial charge < -0.3 is 5.32 Å². The van der Waals surface area contributed by atoms with E-state index in [0.717, 1.165) is 5.69 Å². The van der Waals surface area contributed by atoms with Crippen LogP contribution in [0.2, 0.25) is 0 Å². The quantitative estimate of drug-likeness (QED) is 0.633. The summed E-state index contributed by atoms with van der Waals surface area (Å²) in [6.45, 7) is 3.34. The second-order valence-electron chi connectivity index (χ2n) is 2.06. The van der Waals surface area contributed by atoms with E-state index in [9.17, 15) is 4.79 Å². The molecule has 11 heavy (non-hydrogen) atoms. The highest BCUT2D eigenvalue weighted by molar-refractivity contribution is 5.98. The van der Waals surface area contributed by atoms with Gasteiger partial charge in [-0.2, -0.15) is 0 Å². The van der Waals surface area contributed by atoms with Crippen molar-refractivity contribution >= 4 is 11.6 Å². The summed E-state index contributed by atoms with van der Waals surface area (Å²) in [5.41, 5.74) is 0.789. The maximum atomic E-state index is 10.8. The number of para-hydroxylation sites is 1. The van der Waals surface area contributed by atoms with E-state index in [2.05, 4.69) is 11.9 Å². The minimum absolute atomic E-state index is 0.184. The van der Waals surface area contributed by atoms with E-state index >= 15 is 0 Å². The second-order valence-corrected chi connectivity index (χ2v) is 2.06. The standard InChI is InChI=1S/C9H9NO/c1-2-9(11)10-8-6-4-3-5-7-8/h2-7H,1H2,(H,10,11)/i9-1. The van der Waals surface area contributed by atoms with E-state index in [4.69, 9.17) is 0 Å². The fourth-order valence-corrected chi connectivity index (χ4v) is 0.715. The molecule has 1 aromatic carbocycles. The average molecular weight is 146 g/mol. The van der Waals surface area contributed by atoms with Gasteiger partial charge in [-0.1, -0.05) is 24.8 Å². The molecule has 0 aliphatic heterocycles. The lowest BCUT2D eigenvalue weighted by molar-refractivity contribution is -0.111. The molecule has 1 N–H and O–H groups in total. The van der Waals surface area contributed by atoms with Crippen molar-refractivity contribution in [2.24, 2.45) is 0 Å². The van der Waals surface area contributed by atoms with Gasteiger partial charge in [0.25, 0.3) is 0 Å². The summed E-state index contributed by atoms with van der Waals surface area (Å²) in [5, 5.41) is 2.63. The third-order valence-electron chi connectivity index (χ3n) is 1.23. The number of amides is 1. The monoisotopic (exact) mass is 146 g/mol. The zero-order valence-corrected chi connectivity index (χ0v) is 6.08. The normalized spacial score (nSPS) is 8.73. The average Bonchev–Trinajstić information content (AvgIpc) is 2.06. The van der Waals surface area contributed by atoms with Crippen molar-refractivity contribution in [3.8, 4) is 0 Å². The van der Waals surface area contributed by atoms with Gasteiger partial charge >= 0.3 is 0 Å². The van der Waals surface area contributed by atoms with Crippen LogP contribution in [0.1, 0.15) is 0 Å². The third kappa shape index (κ3) is 2.26. The van der Waals surface area contributed by atoms with Crippen molar-refractivity contribution in [1.82, 2.24) is 0 Å². The number of carbonyl (C=O) groups excluding carboxylic acids is 1. The van der Waals surface area contributed by atoms with Crippen LogP contribution in [0.4, 0.5) is 5.69 Å². The zero-order chi connectivity index (χ0) is 8.10. The Morgan fingerprint density at radius 2 is 2.00 bits per heavy atom. The molecule has 0 aliphatic carbocycles. The predicted molar refractivity (Wildman–Crippen MR) is 45.3 cm³/mol. The van der Waals surface area contributed by atoms with Crippen LogP contribution in [0.5, 0.6) is 0 Å². The van der Waals surface area contributed by atoms with Crippen LogP contribution < -0.4 is 5.32 Å². The number of carbonyl (C=O) groups is 1. The molecule has 1 aromatic rings. The van der Waals surface area contributed by atoms with Gasteiger partial charge in [-0.3, -0.25) is 4.79 Å². The molecule has 0 radical (unpaired) electrons. The molecule has 2 heteroatoms. The Hall–Kier alpha value is -1.57. The molecule has 1 amide bonds. The molecular weight excluding hydrogens is 137 g/mol. The molecule has 0 spiro atoms. The third-order valence-corrected chi connectivity index (χ3v) is 1.23. The van der Waals surface area contributed by atoms with Crippen molar-refractivity contribution in [2.75, 3.05) is 5.32 Å². The van der Waals surface area contributed by atoms with Crippen LogP contribution in [0.15, 0.2) is 43.0 Å². The molecule has 0 fully saturated rings. The summed E-state index contributed by atoms with van der Waals surface area (Å²) in [4.78, 5) is 10.8. The van der Waals surface area contributed by atoms with E-state index in [-0.39, 0.29) is 5.91 Å². The van der Waals surface area contributed by atoms with E-state index < -0.39 is 0 Å². The van der Waals surface area contributed by atoms with Gasteiger partial charge in [-0.15, -0.1) is 0 Å². The van der Waals surface area contributed by atoms with Gasteiger partial charge in [-0.25, -0.2) is 0 Å². The van der Waals surface area contributed by atoms with Crippen molar-refractivity contribution in [3.63, 3.8) is 0 Å². The summed E-state index contributed by atoms with van der Waals surface area (Å²) in [6, 6.07) is 9.25. The minimum atomic E-state index is -0.184. The van der Waals surface area contributed by atoms with Crippen molar-refractivity contribution < 1.29 is 4.79 Å². The van der Waals surface area contributed by atoms with Gasteiger partial charge in [0.05, 0.1) is 0 Å². The van der Waals surface area contributed by atoms with Crippen LogP contribution in [-0.4, -0.2) is 5.91 Å². The van der Waals surface area contributed by atoms with Crippen molar-refractivity contribution in [1.29, 1.82) is 0 Å². The number of benzene rings is 1. The lowest BCUT2D eigenvalue weighted by Gasteiger charge is -1.98. The Morgan fingerprint density at radius 1 is 1.36 bits per heavy atom. The predicted octanol–water partition coefficient (Wildman–Crippen LogP) is 1.81. The topological polar surface area (TPSA) is 29.1 Å². The number of nitrogens with one attached hydrogen (secondary N) is 1. The van der Waals surface area contributed by atoms with Crippen LogP contribution in [0.3, 0.4) is 0 Å². The highest BCUT2D eigenvalue weighted by atomic mass is 16.1. The molecule has 0 aliphatic rings. The molecule has 1 rings (SSSR count). The van der Waals surface area contributed by atoms with Crippen molar-refractivity contribution in [3.05, 3.63) is 43.0 Å². The van der Waals surface area contributed by atoms with E-state index in [1.165, 1.54) is 6.08 Å². The fraction of sp³-hybridized carbons (Fsp3) is 0. The number of hydrogen-bond donors (Lipinski definition) is 1. The maximum Gasteiger partial charge on any atom is 0.247 e. The smallest absolute Gasteiger partial charge is 0.247 e. The second kappa shape index (κ2) is 3.56. The van der Waals surface area contributed by atoms with Crippen LogP contribution >= 0.6 is 0 Å². The van der Waals surface area contributed by atoms with E-state index in [1.807, 2.05) is 30.3 Å². The molecule has 2 nitrogen and oxygen atoms in total. The summed E-state index contributed by atoms with van der Waals surface area (Å²) < 4.78 is 0. The van der Waals surface area contributed by atoms with Crippen LogP contribution in [0.25, 0.3) is 0 Å². The number of hydrogen-bond acceptors (Lipinski definition) is 1. The van der Waals surface area contributed by atoms with E-state index in [1.54, 1.807) is 0 Å². The molecule has 0 saturated heterocycles. The number of rotatable bonds is 2. The maximum absolute atomic E-state index is 10.8. The van der Waals surface area contributed by atoms with E-state index in [0.29, 0.717) is 0 Å². The van der Waals surface area contributed by atoms with Crippen molar-refractivity contribution in [2.45, 2.75) is 0 Å². The summed E-state index contributed by atoms with van der Waals surface area (Å²) >= 11 is 0.